The van der Waals surface area contributed by atoms with Gasteiger partial charge in [0.2, 0.25) is 0 Å². The number of hydrogen-bond donors (Lipinski definition) is 1. The number of nitriles is 1. The van der Waals surface area contributed by atoms with Gasteiger partial charge in [-0.1, -0.05) is 75.0 Å². The summed E-state index contributed by atoms with van der Waals surface area (Å²) < 4.78 is 6.61. The van der Waals surface area contributed by atoms with Crippen molar-refractivity contribution in [3.63, 3.8) is 0 Å². The molecule has 0 heterocycles. The summed E-state index contributed by atoms with van der Waals surface area (Å²) in [6, 6.07) is 20.1. The Morgan fingerprint density at radius 2 is 1.84 bits per heavy atom. The summed E-state index contributed by atoms with van der Waals surface area (Å²) in [6.07, 6.45) is 1.43. The van der Waals surface area contributed by atoms with E-state index in [2.05, 4.69) is 21.2 Å². The van der Waals surface area contributed by atoms with Crippen molar-refractivity contribution < 1.29 is 9.53 Å². The number of halogens is 3. The minimum Gasteiger partial charge on any atom is -0.486 e. The van der Waals surface area contributed by atoms with E-state index >= 15 is 0 Å². The number of amides is 1. The third kappa shape index (κ3) is 6.35. The molecule has 31 heavy (non-hydrogen) atoms. The van der Waals surface area contributed by atoms with Crippen molar-refractivity contribution in [2.45, 2.75) is 13.5 Å². The Kier molecular flexibility index (Phi) is 7.75. The molecular weight excluding hydrogens is 499 g/mol. The summed E-state index contributed by atoms with van der Waals surface area (Å²) in [6.45, 7) is 2.32. The van der Waals surface area contributed by atoms with Gasteiger partial charge in [-0.15, -0.1) is 0 Å². The average Bonchev–Trinajstić information content (AvgIpc) is 2.71. The smallest absolute Gasteiger partial charge is 0.266 e. The van der Waals surface area contributed by atoms with E-state index in [9.17, 15) is 10.1 Å². The first-order chi connectivity index (χ1) is 14.9. The predicted octanol–water partition coefficient (Wildman–Crippen LogP) is 7.19. The topological polar surface area (TPSA) is 62.1 Å². The number of aryl methyl sites for hydroxylation is 1. The maximum absolute atomic E-state index is 12.5. The lowest BCUT2D eigenvalue weighted by atomic mass is 10.1. The van der Waals surface area contributed by atoms with Crippen LogP contribution in [0, 0.1) is 18.3 Å². The highest BCUT2D eigenvalue weighted by Crippen LogP contribution is 2.35. The molecule has 156 valence electrons. The molecule has 3 aromatic rings. The van der Waals surface area contributed by atoms with E-state index in [0.29, 0.717) is 23.6 Å². The molecule has 0 unspecified atom stereocenters. The summed E-state index contributed by atoms with van der Waals surface area (Å²) in [5.74, 6) is -0.188. The minimum atomic E-state index is -0.535. The van der Waals surface area contributed by atoms with Crippen LogP contribution < -0.4 is 10.1 Å². The van der Waals surface area contributed by atoms with Gasteiger partial charge in [0.1, 0.15) is 18.2 Å². The molecule has 3 aromatic carbocycles. The van der Waals surface area contributed by atoms with Crippen molar-refractivity contribution >= 4 is 56.8 Å². The second-order valence-corrected chi connectivity index (χ2v) is 8.46. The van der Waals surface area contributed by atoms with Gasteiger partial charge in [0.15, 0.2) is 5.75 Å². The Bertz CT molecular complexity index is 1180. The van der Waals surface area contributed by atoms with E-state index < -0.39 is 5.91 Å². The van der Waals surface area contributed by atoms with Crippen LogP contribution in [0.1, 0.15) is 16.7 Å². The van der Waals surface area contributed by atoms with Crippen molar-refractivity contribution in [2.75, 3.05) is 5.32 Å². The van der Waals surface area contributed by atoms with Gasteiger partial charge < -0.3 is 10.1 Å². The van der Waals surface area contributed by atoms with Crippen LogP contribution in [0.25, 0.3) is 6.08 Å². The van der Waals surface area contributed by atoms with Crippen LogP contribution in [0.15, 0.2) is 70.7 Å². The zero-order valence-electron chi connectivity index (χ0n) is 16.5. The summed E-state index contributed by atoms with van der Waals surface area (Å²) >= 11 is 16.1. The summed E-state index contributed by atoms with van der Waals surface area (Å²) in [5.41, 5.74) is 3.12. The molecule has 0 saturated carbocycles. The lowest BCUT2D eigenvalue weighted by Crippen LogP contribution is -2.13. The number of carbonyl (C=O) groups excluding carboxylic acids is 1. The fourth-order valence-electron chi connectivity index (χ4n) is 2.84. The van der Waals surface area contributed by atoms with Crippen LogP contribution >= 0.6 is 39.1 Å². The van der Waals surface area contributed by atoms with Crippen LogP contribution in [-0.2, 0) is 11.4 Å². The number of anilines is 1. The fourth-order valence-corrected chi connectivity index (χ4v) is 3.85. The molecule has 4 nitrogen and oxygen atoms in total. The molecule has 0 saturated heterocycles. The molecule has 3 rings (SSSR count). The molecule has 0 atom stereocenters. The highest BCUT2D eigenvalue weighted by Gasteiger charge is 2.13. The number of rotatable bonds is 6. The SMILES string of the molecule is Cc1cccc(COc2c(Cl)cc(/C=C(/C#N)C(=O)Nc3cccc(Br)c3)cc2Cl)c1. The number of benzene rings is 3. The van der Waals surface area contributed by atoms with Crippen molar-refractivity contribution in [3.8, 4) is 11.8 Å². The van der Waals surface area contributed by atoms with E-state index in [-0.39, 0.29) is 15.6 Å². The molecule has 0 radical (unpaired) electrons. The predicted molar refractivity (Wildman–Crippen MR) is 128 cm³/mol. The molecule has 0 aliphatic heterocycles. The summed E-state index contributed by atoms with van der Waals surface area (Å²) in [4.78, 5) is 12.5. The van der Waals surface area contributed by atoms with Crippen LogP contribution in [0.5, 0.6) is 5.75 Å². The molecule has 0 spiro atoms. The van der Waals surface area contributed by atoms with Crippen molar-refractivity contribution in [1.82, 2.24) is 0 Å². The molecule has 0 aliphatic carbocycles. The van der Waals surface area contributed by atoms with Gasteiger partial charge >= 0.3 is 0 Å². The number of nitrogens with zero attached hydrogens (tertiary/aromatic N) is 1. The normalized spacial score (nSPS) is 11.0. The Labute approximate surface area is 199 Å². The molecular formula is C24H17BrCl2N2O2. The monoisotopic (exact) mass is 514 g/mol. The molecule has 0 bridgehead atoms. The van der Waals surface area contributed by atoms with Gasteiger partial charge in [0.05, 0.1) is 10.0 Å². The third-order valence-electron chi connectivity index (χ3n) is 4.24. The molecule has 0 aliphatic rings. The van der Waals surface area contributed by atoms with E-state index in [1.807, 2.05) is 43.3 Å². The first-order valence-corrected chi connectivity index (χ1v) is 10.8. The second-order valence-electron chi connectivity index (χ2n) is 6.73. The van der Waals surface area contributed by atoms with Crippen LogP contribution in [-0.4, -0.2) is 5.91 Å². The van der Waals surface area contributed by atoms with Crippen molar-refractivity contribution in [1.29, 1.82) is 5.26 Å². The van der Waals surface area contributed by atoms with Gasteiger partial charge in [-0.3, -0.25) is 4.79 Å². The second kappa shape index (κ2) is 10.5. The summed E-state index contributed by atoms with van der Waals surface area (Å²) in [7, 11) is 0. The molecule has 7 heteroatoms. The van der Waals surface area contributed by atoms with Crippen LogP contribution in [0.4, 0.5) is 5.69 Å². The van der Waals surface area contributed by atoms with E-state index in [1.54, 1.807) is 30.3 Å². The Hall–Kier alpha value is -2.78. The third-order valence-corrected chi connectivity index (χ3v) is 5.30. The maximum atomic E-state index is 12.5. The van der Waals surface area contributed by atoms with Gasteiger partial charge in [-0.05, 0) is 54.5 Å². The number of nitrogens with one attached hydrogen (secondary N) is 1. The number of hydrogen-bond acceptors (Lipinski definition) is 3. The zero-order chi connectivity index (χ0) is 22.4. The molecule has 0 aromatic heterocycles. The highest BCUT2D eigenvalue weighted by atomic mass is 79.9. The van der Waals surface area contributed by atoms with Crippen LogP contribution in [0.3, 0.4) is 0 Å². The quantitative estimate of drug-likeness (QED) is 0.279. The number of carbonyl (C=O) groups is 1. The number of ether oxygens (including phenoxy) is 1. The first-order valence-electron chi connectivity index (χ1n) is 9.22. The first kappa shape index (κ1) is 22.9. The minimum absolute atomic E-state index is 0.0828. The summed E-state index contributed by atoms with van der Waals surface area (Å²) in [5, 5.41) is 12.7. The lowest BCUT2D eigenvalue weighted by molar-refractivity contribution is -0.112. The van der Waals surface area contributed by atoms with Gasteiger partial charge in [0, 0.05) is 10.2 Å². The van der Waals surface area contributed by atoms with E-state index in [0.717, 1.165) is 15.6 Å². The van der Waals surface area contributed by atoms with Gasteiger partial charge in [0.25, 0.3) is 5.91 Å². The van der Waals surface area contributed by atoms with Gasteiger partial charge in [-0.2, -0.15) is 5.26 Å². The van der Waals surface area contributed by atoms with Crippen LogP contribution in [0.2, 0.25) is 10.0 Å². The van der Waals surface area contributed by atoms with E-state index in [1.165, 1.54) is 6.08 Å². The van der Waals surface area contributed by atoms with E-state index in [4.69, 9.17) is 27.9 Å². The molecule has 1 N–H and O–H groups in total. The maximum Gasteiger partial charge on any atom is 0.266 e. The fraction of sp³-hybridized carbons (Fsp3) is 0.0833. The Morgan fingerprint density at radius 1 is 1.13 bits per heavy atom. The zero-order valence-corrected chi connectivity index (χ0v) is 19.6. The molecule has 0 fully saturated rings. The molecule has 1 amide bonds. The Morgan fingerprint density at radius 3 is 2.48 bits per heavy atom. The van der Waals surface area contributed by atoms with Crippen molar-refractivity contribution in [3.05, 3.63) is 97.4 Å². The van der Waals surface area contributed by atoms with Gasteiger partial charge in [-0.25, -0.2) is 0 Å². The largest absolute Gasteiger partial charge is 0.486 e. The average molecular weight is 516 g/mol. The standard InChI is InChI=1S/C24H17BrCl2N2O2/c1-15-4-2-5-16(8-15)14-31-23-21(26)10-17(11-22(23)27)9-18(13-28)24(30)29-20-7-3-6-19(25)12-20/h2-12H,14H2,1H3,(H,29,30)/b18-9-. The van der Waals surface area contributed by atoms with Crippen molar-refractivity contribution in [2.24, 2.45) is 0 Å². The highest BCUT2D eigenvalue weighted by molar-refractivity contribution is 9.10. The lowest BCUT2D eigenvalue weighted by Gasteiger charge is -2.11. The Balaban J connectivity index is 1.77.